The van der Waals surface area contributed by atoms with Crippen LogP contribution in [0.5, 0.6) is 5.75 Å². The second-order valence-electron chi connectivity index (χ2n) is 9.81. The molecule has 0 aliphatic carbocycles. The molecule has 0 saturated heterocycles. The largest absolute Gasteiger partial charge is 0.494 e. The molecule has 7 heteroatoms. The maximum atomic E-state index is 13.8. The molecule has 39 heavy (non-hydrogen) atoms. The normalized spacial score (nSPS) is 18.5. The lowest BCUT2D eigenvalue weighted by Crippen LogP contribution is -2.50. The van der Waals surface area contributed by atoms with Gasteiger partial charge in [0.25, 0.3) is 5.91 Å². The number of aliphatic imine (C=N–C) groups is 1. The smallest absolute Gasteiger partial charge is 0.252 e. The predicted octanol–water partition coefficient (Wildman–Crippen LogP) is 4.84. The molecule has 1 aliphatic rings. The highest BCUT2D eigenvalue weighted by molar-refractivity contribution is 6.00. The SMILES string of the molecule is C[C@H]1OC(c2ccc(OCCCO)cc2)=N[C@@]1(C/C=C/c1ccccc1)C(=O)NCc1ccc(N(C)C)cc1. The lowest BCUT2D eigenvalue weighted by molar-refractivity contribution is -0.128. The Labute approximate surface area is 230 Å². The van der Waals surface area contributed by atoms with Crippen molar-refractivity contribution in [2.24, 2.45) is 4.99 Å². The van der Waals surface area contributed by atoms with Crippen molar-refractivity contribution in [1.82, 2.24) is 5.32 Å². The third-order valence-corrected chi connectivity index (χ3v) is 6.77. The number of hydrogen-bond donors (Lipinski definition) is 2. The fourth-order valence-corrected chi connectivity index (χ4v) is 4.37. The zero-order chi connectivity index (χ0) is 27.7. The number of anilines is 1. The number of hydrogen-bond acceptors (Lipinski definition) is 6. The van der Waals surface area contributed by atoms with Crippen molar-refractivity contribution in [3.63, 3.8) is 0 Å². The van der Waals surface area contributed by atoms with Gasteiger partial charge in [0.15, 0.2) is 5.54 Å². The third-order valence-electron chi connectivity index (χ3n) is 6.77. The van der Waals surface area contributed by atoms with Gasteiger partial charge in [0.2, 0.25) is 5.90 Å². The third kappa shape index (κ3) is 7.06. The molecule has 0 bridgehead atoms. The van der Waals surface area contributed by atoms with Crippen LogP contribution in [0.15, 0.2) is 89.9 Å². The summed E-state index contributed by atoms with van der Waals surface area (Å²) in [6, 6.07) is 25.5. The van der Waals surface area contributed by atoms with Crippen molar-refractivity contribution in [2.45, 2.75) is 38.0 Å². The Morgan fingerprint density at radius 2 is 1.79 bits per heavy atom. The van der Waals surface area contributed by atoms with Crippen molar-refractivity contribution < 1.29 is 19.4 Å². The minimum atomic E-state index is -1.11. The summed E-state index contributed by atoms with van der Waals surface area (Å²) in [4.78, 5) is 20.7. The minimum absolute atomic E-state index is 0.0882. The first-order valence-corrected chi connectivity index (χ1v) is 13.3. The number of ether oxygens (including phenoxy) is 2. The molecular weight excluding hydrogens is 490 g/mol. The number of carbonyl (C=O) groups excluding carboxylic acids is 1. The molecular formula is C32H37N3O4. The van der Waals surface area contributed by atoms with Crippen molar-refractivity contribution in [3.05, 3.63) is 102 Å². The van der Waals surface area contributed by atoms with Crippen molar-refractivity contribution in [2.75, 3.05) is 32.2 Å². The van der Waals surface area contributed by atoms with Crippen LogP contribution in [0.3, 0.4) is 0 Å². The lowest BCUT2D eigenvalue weighted by Gasteiger charge is -2.27. The fraction of sp³-hybridized carbons (Fsp3) is 0.312. The van der Waals surface area contributed by atoms with E-state index in [0.29, 0.717) is 37.6 Å². The summed E-state index contributed by atoms with van der Waals surface area (Å²) in [5, 5.41) is 12.1. The van der Waals surface area contributed by atoms with Gasteiger partial charge in [0.1, 0.15) is 11.9 Å². The quantitative estimate of drug-likeness (QED) is 0.330. The summed E-state index contributed by atoms with van der Waals surface area (Å²) < 4.78 is 11.8. The van der Waals surface area contributed by atoms with Gasteiger partial charge in [-0.2, -0.15) is 0 Å². The lowest BCUT2D eigenvalue weighted by atomic mass is 9.88. The Morgan fingerprint density at radius 1 is 1.08 bits per heavy atom. The molecule has 7 nitrogen and oxygen atoms in total. The summed E-state index contributed by atoms with van der Waals surface area (Å²) in [5.41, 5.74) is 2.83. The number of nitrogens with zero attached hydrogens (tertiary/aromatic N) is 2. The van der Waals surface area contributed by atoms with Gasteiger partial charge < -0.3 is 24.8 Å². The molecule has 3 aromatic rings. The average molecular weight is 528 g/mol. The topological polar surface area (TPSA) is 83.4 Å². The fourth-order valence-electron chi connectivity index (χ4n) is 4.37. The number of rotatable bonds is 12. The van der Waals surface area contributed by atoms with Crippen molar-refractivity contribution in [3.8, 4) is 5.75 Å². The number of benzene rings is 3. The molecule has 3 aromatic carbocycles. The van der Waals surface area contributed by atoms with Gasteiger partial charge in [-0.05, 0) is 54.4 Å². The summed E-state index contributed by atoms with van der Waals surface area (Å²) in [6.07, 6.45) is 4.49. The van der Waals surface area contributed by atoms with E-state index in [-0.39, 0.29) is 12.5 Å². The van der Waals surface area contributed by atoms with E-state index in [1.165, 1.54) is 0 Å². The summed E-state index contributed by atoms with van der Waals surface area (Å²) in [7, 11) is 4.00. The van der Waals surface area contributed by atoms with Gasteiger partial charge in [-0.15, -0.1) is 0 Å². The first-order chi connectivity index (χ1) is 18.9. The Hall–Kier alpha value is -4.10. The van der Waals surface area contributed by atoms with Crippen LogP contribution in [0.25, 0.3) is 6.08 Å². The zero-order valence-electron chi connectivity index (χ0n) is 22.8. The molecule has 0 radical (unpaired) electrons. The average Bonchev–Trinajstić information content (AvgIpc) is 3.30. The zero-order valence-corrected chi connectivity index (χ0v) is 22.8. The van der Waals surface area contributed by atoms with Crippen LogP contribution >= 0.6 is 0 Å². The molecule has 1 amide bonds. The Bertz CT molecular complexity index is 1270. The molecule has 4 rings (SSSR count). The van der Waals surface area contributed by atoms with Crippen LogP contribution in [0, 0.1) is 0 Å². The van der Waals surface area contributed by atoms with E-state index in [4.69, 9.17) is 19.6 Å². The van der Waals surface area contributed by atoms with Crippen molar-refractivity contribution >= 4 is 23.6 Å². The van der Waals surface area contributed by atoms with E-state index in [2.05, 4.69) is 5.32 Å². The highest BCUT2D eigenvalue weighted by atomic mass is 16.5. The van der Waals surface area contributed by atoms with E-state index in [1.54, 1.807) is 0 Å². The van der Waals surface area contributed by atoms with Gasteiger partial charge in [-0.25, -0.2) is 4.99 Å². The van der Waals surface area contributed by atoms with Crippen molar-refractivity contribution in [1.29, 1.82) is 0 Å². The number of amides is 1. The van der Waals surface area contributed by atoms with Gasteiger partial charge >= 0.3 is 0 Å². The van der Waals surface area contributed by atoms with E-state index in [1.807, 2.05) is 117 Å². The van der Waals surface area contributed by atoms with Crippen LogP contribution in [-0.4, -0.2) is 55.9 Å². The number of nitrogens with one attached hydrogen (secondary N) is 1. The van der Waals surface area contributed by atoms with E-state index < -0.39 is 11.6 Å². The molecule has 0 fully saturated rings. The molecule has 1 heterocycles. The summed E-state index contributed by atoms with van der Waals surface area (Å²) in [5.74, 6) is 0.959. The molecule has 2 N–H and O–H groups in total. The minimum Gasteiger partial charge on any atom is -0.494 e. The van der Waals surface area contributed by atoms with Crippen LogP contribution in [0.4, 0.5) is 5.69 Å². The second kappa shape index (κ2) is 13.1. The summed E-state index contributed by atoms with van der Waals surface area (Å²) in [6.45, 7) is 2.82. The second-order valence-corrected chi connectivity index (χ2v) is 9.81. The number of carbonyl (C=O) groups is 1. The summed E-state index contributed by atoms with van der Waals surface area (Å²) >= 11 is 0. The molecule has 0 saturated carbocycles. The highest BCUT2D eigenvalue weighted by Gasteiger charge is 2.49. The Balaban J connectivity index is 1.55. The molecule has 0 unspecified atom stereocenters. The maximum Gasteiger partial charge on any atom is 0.252 e. The monoisotopic (exact) mass is 527 g/mol. The number of aliphatic hydroxyl groups is 1. The first-order valence-electron chi connectivity index (χ1n) is 13.3. The van der Waals surface area contributed by atoms with Crippen LogP contribution in [0.2, 0.25) is 0 Å². The van der Waals surface area contributed by atoms with Crippen LogP contribution < -0.4 is 15.0 Å². The maximum absolute atomic E-state index is 13.8. The van der Waals surface area contributed by atoms with E-state index in [9.17, 15) is 4.79 Å². The molecule has 204 valence electrons. The molecule has 0 spiro atoms. The van der Waals surface area contributed by atoms with Gasteiger partial charge in [0.05, 0.1) is 6.61 Å². The number of aliphatic hydroxyl groups excluding tert-OH is 1. The standard InChI is InChI=1S/C32H37N3O4/c1-24-32(20-7-11-25-9-5-4-6-10-25,31(37)33-23-26-12-16-28(17-13-26)35(2)3)34-30(39-24)27-14-18-29(19-15-27)38-22-8-21-36/h4-7,9-19,24,36H,8,20-23H2,1-3H3,(H,33,37)/b11-7+/t24-,32-/m1/s1. The molecule has 0 aromatic heterocycles. The first kappa shape index (κ1) is 27.9. The van der Waals surface area contributed by atoms with Gasteiger partial charge in [-0.3, -0.25) is 4.79 Å². The van der Waals surface area contributed by atoms with E-state index >= 15 is 0 Å². The Kier molecular flexibility index (Phi) is 9.39. The van der Waals surface area contributed by atoms with Gasteiger partial charge in [0, 0.05) is 51.3 Å². The van der Waals surface area contributed by atoms with Gasteiger partial charge in [-0.1, -0.05) is 54.6 Å². The Morgan fingerprint density at radius 3 is 2.46 bits per heavy atom. The predicted molar refractivity (Wildman–Crippen MR) is 156 cm³/mol. The molecule has 2 atom stereocenters. The van der Waals surface area contributed by atoms with Crippen LogP contribution in [-0.2, 0) is 16.1 Å². The molecule has 1 aliphatic heterocycles. The highest BCUT2D eigenvalue weighted by Crippen LogP contribution is 2.33. The van der Waals surface area contributed by atoms with E-state index in [0.717, 1.165) is 22.4 Å². The van der Waals surface area contributed by atoms with Crippen LogP contribution in [0.1, 0.15) is 36.5 Å².